The fraction of sp³-hybridized carbons (Fsp3) is 0.769. The Labute approximate surface area is 118 Å². The van der Waals surface area contributed by atoms with Crippen LogP contribution >= 0.6 is 11.3 Å². The summed E-state index contributed by atoms with van der Waals surface area (Å²) in [6.07, 6.45) is 4.61. The van der Waals surface area contributed by atoms with Gasteiger partial charge in [-0.2, -0.15) is 0 Å². The van der Waals surface area contributed by atoms with Gasteiger partial charge in [-0.1, -0.05) is 0 Å². The zero-order chi connectivity index (χ0) is 13.5. The molecule has 1 aromatic heterocycles. The SMILES string of the molecule is COCCN(CCOC)c1ncc(CNC2CC2)s1. The van der Waals surface area contributed by atoms with Gasteiger partial charge in [0, 0.05) is 51.0 Å². The van der Waals surface area contributed by atoms with Crippen LogP contribution in [0.3, 0.4) is 0 Å². The van der Waals surface area contributed by atoms with Gasteiger partial charge >= 0.3 is 0 Å². The Morgan fingerprint density at radius 2 is 2.00 bits per heavy atom. The molecule has 108 valence electrons. The zero-order valence-corrected chi connectivity index (χ0v) is 12.5. The predicted molar refractivity (Wildman–Crippen MR) is 77.9 cm³/mol. The summed E-state index contributed by atoms with van der Waals surface area (Å²) in [4.78, 5) is 8.03. The van der Waals surface area contributed by atoms with E-state index in [1.165, 1.54) is 17.7 Å². The highest BCUT2D eigenvalue weighted by atomic mass is 32.1. The second-order valence-corrected chi connectivity index (χ2v) is 5.83. The Bertz CT molecular complexity index is 361. The van der Waals surface area contributed by atoms with Gasteiger partial charge in [-0.15, -0.1) is 11.3 Å². The molecule has 0 amide bonds. The minimum atomic E-state index is 0.707. The minimum Gasteiger partial charge on any atom is -0.383 e. The van der Waals surface area contributed by atoms with Gasteiger partial charge in [0.25, 0.3) is 0 Å². The summed E-state index contributed by atoms with van der Waals surface area (Å²) < 4.78 is 10.3. The molecule has 0 aliphatic heterocycles. The number of anilines is 1. The minimum absolute atomic E-state index is 0.707. The van der Waals surface area contributed by atoms with E-state index in [9.17, 15) is 0 Å². The van der Waals surface area contributed by atoms with E-state index in [-0.39, 0.29) is 0 Å². The summed E-state index contributed by atoms with van der Waals surface area (Å²) in [5.41, 5.74) is 0. The van der Waals surface area contributed by atoms with Crippen LogP contribution in [0.15, 0.2) is 6.20 Å². The number of hydrogen-bond donors (Lipinski definition) is 1. The maximum atomic E-state index is 5.15. The average Bonchev–Trinajstić information content (AvgIpc) is 3.14. The highest BCUT2D eigenvalue weighted by Crippen LogP contribution is 2.24. The Hall–Kier alpha value is -0.690. The molecule has 19 heavy (non-hydrogen) atoms. The van der Waals surface area contributed by atoms with Crippen LogP contribution in [0.4, 0.5) is 5.13 Å². The van der Waals surface area contributed by atoms with E-state index in [4.69, 9.17) is 9.47 Å². The van der Waals surface area contributed by atoms with Crippen molar-refractivity contribution >= 4 is 16.5 Å². The quantitative estimate of drug-likeness (QED) is 0.706. The highest BCUT2D eigenvalue weighted by molar-refractivity contribution is 7.15. The van der Waals surface area contributed by atoms with Crippen LogP contribution in [0.25, 0.3) is 0 Å². The Balaban J connectivity index is 1.86. The molecule has 1 aromatic rings. The van der Waals surface area contributed by atoms with Gasteiger partial charge in [-0.25, -0.2) is 4.98 Å². The smallest absolute Gasteiger partial charge is 0.185 e. The van der Waals surface area contributed by atoms with E-state index in [0.29, 0.717) is 13.2 Å². The third kappa shape index (κ3) is 5.06. The van der Waals surface area contributed by atoms with Crippen molar-refractivity contribution in [3.05, 3.63) is 11.1 Å². The lowest BCUT2D eigenvalue weighted by Crippen LogP contribution is -2.30. The van der Waals surface area contributed by atoms with Crippen molar-refractivity contribution in [1.29, 1.82) is 0 Å². The maximum absolute atomic E-state index is 5.15. The van der Waals surface area contributed by atoms with Gasteiger partial charge in [0.15, 0.2) is 5.13 Å². The number of nitrogens with zero attached hydrogens (tertiary/aromatic N) is 2. The van der Waals surface area contributed by atoms with Gasteiger partial charge < -0.3 is 19.7 Å². The largest absolute Gasteiger partial charge is 0.383 e. The molecule has 6 heteroatoms. The lowest BCUT2D eigenvalue weighted by atomic mass is 10.5. The summed E-state index contributed by atoms with van der Waals surface area (Å²) in [5, 5.41) is 4.57. The molecule has 1 heterocycles. The number of methoxy groups -OCH3 is 2. The second-order valence-electron chi connectivity index (χ2n) is 4.74. The topological polar surface area (TPSA) is 46.6 Å². The number of hydrogen-bond acceptors (Lipinski definition) is 6. The molecular weight excluding hydrogens is 262 g/mol. The number of thiazole rings is 1. The average molecular weight is 285 g/mol. The van der Waals surface area contributed by atoms with Crippen LogP contribution in [-0.2, 0) is 16.0 Å². The maximum Gasteiger partial charge on any atom is 0.185 e. The molecule has 0 bridgehead atoms. The monoisotopic (exact) mass is 285 g/mol. The van der Waals surface area contributed by atoms with E-state index in [1.54, 1.807) is 25.6 Å². The first-order chi connectivity index (χ1) is 9.33. The summed E-state index contributed by atoms with van der Waals surface area (Å²) in [6, 6.07) is 0.739. The zero-order valence-electron chi connectivity index (χ0n) is 11.7. The van der Waals surface area contributed by atoms with Crippen LogP contribution < -0.4 is 10.2 Å². The molecular formula is C13H23N3O2S. The fourth-order valence-corrected chi connectivity index (χ4v) is 2.68. The molecule has 0 unspecified atom stereocenters. The van der Waals surface area contributed by atoms with Gasteiger partial charge in [0.05, 0.1) is 13.2 Å². The van der Waals surface area contributed by atoms with Gasteiger partial charge in [-0.05, 0) is 12.8 Å². The van der Waals surface area contributed by atoms with Crippen LogP contribution in [0.1, 0.15) is 17.7 Å². The Morgan fingerprint density at radius 1 is 1.32 bits per heavy atom. The van der Waals surface area contributed by atoms with Crippen molar-refractivity contribution in [2.45, 2.75) is 25.4 Å². The molecule has 0 aromatic carbocycles. The lowest BCUT2D eigenvalue weighted by Gasteiger charge is -2.20. The van der Waals surface area contributed by atoms with E-state index in [0.717, 1.165) is 30.8 Å². The Kier molecular flexibility index (Phi) is 6.03. The van der Waals surface area contributed by atoms with Crippen LogP contribution in [0, 0.1) is 0 Å². The van der Waals surface area contributed by atoms with Crippen LogP contribution in [0.2, 0.25) is 0 Å². The first kappa shape index (κ1) is 14.7. The number of aromatic nitrogens is 1. The molecule has 1 aliphatic rings. The van der Waals surface area contributed by atoms with Gasteiger partial charge in [-0.3, -0.25) is 0 Å². The molecule has 1 saturated carbocycles. The number of rotatable bonds is 10. The summed E-state index contributed by atoms with van der Waals surface area (Å²) >= 11 is 1.75. The van der Waals surface area contributed by atoms with E-state index in [2.05, 4.69) is 15.2 Å². The third-order valence-electron chi connectivity index (χ3n) is 3.08. The normalized spacial score (nSPS) is 14.8. The number of ether oxygens (including phenoxy) is 2. The van der Waals surface area contributed by atoms with Crippen molar-refractivity contribution < 1.29 is 9.47 Å². The van der Waals surface area contributed by atoms with Crippen LogP contribution in [0.5, 0.6) is 0 Å². The molecule has 0 atom stereocenters. The molecule has 1 aliphatic carbocycles. The summed E-state index contributed by atoms with van der Waals surface area (Å²) in [6.45, 7) is 4.05. The first-order valence-electron chi connectivity index (χ1n) is 6.74. The molecule has 0 saturated heterocycles. The Morgan fingerprint density at radius 3 is 2.58 bits per heavy atom. The van der Waals surface area contributed by atoms with Gasteiger partial charge in [0.2, 0.25) is 0 Å². The lowest BCUT2D eigenvalue weighted by molar-refractivity contribution is 0.190. The molecule has 2 rings (SSSR count). The fourth-order valence-electron chi connectivity index (χ4n) is 1.76. The number of nitrogens with one attached hydrogen (secondary N) is 1. The van der Waals surface area contributed by atoms with Crippen molar-refractivity contribution in [3.63, 3.8) is 0 Å². The third-order valence-corrected chi connectivity index (χ3v) is 4.14. The summed E-state index contributed by atoms with van der Waals surface area (Å²) in [7, 11) is 3.45. The molecule has 1 fully saturated rings. The van der Waals surface area contributed by atoms with E-state index < -0.39 is 0 Å². The molecule has 0 spiro atoms. The highest BCUT2D eigenvalue weighted by Gasteiger charge is 2.20. The van der Waals surface area contributed by atoms with E-state index in [1.807, 2.05) is 6.20 Å². The van der Waals surface area contributed by atoms with Gasteiger partial charge in [0.1, 0.15) is 0 Å². The second kappa shape index (κ2) is 7.79. The van der Waals surface area contributed by atoms with Crippen LogP contribution in [-0.4, -0.2) is 51.5 Å². The molecule has 1 N–H and O–H groups in total. The standard InChI is InChI=1S/C13H23N3O2S/c1-17-7-5-16(6-8-18-2)13-15-10-12(19-13)9-14-11-3-4-11/h10-11,14H,3-9H2,1-2H3. The van der Waals surface area contributed by atoms with Crippen molar-refractivity contribution in [2.24, 2.45) is 0 Å². The van der Waals surface area contributed by atoms with Crippen molar-refractivity contribution in [1.82, 2.24) is 10.3 Å². The molecule has 5 nitrogen and oxygen atoms in total. The summed E-state index contributed by atoms with van der Waals surface area (Å²) in [5.74, 6) is 0. The van der Waals surface area contributed by atoms with Crippen molar-refractivity contribution in [3.8, 4) is 0 Å². The van der Waals surface area contributed by atoms with Crippen molar-refractivity contribution in [2.75, 3.05) is 45.4 Å². The predicted octanol–water partition coefficient (Wildman–Crippen LogP) is 1.49. The molecule has 0 radical (unpaired) electrons. The first-order valence-corrected chi connectivity index (χ1v) is 7.56. The van der Waals surface area contributed by atoms with E-state index >= 15 is 0 Å².